The number of carbonyl (C=O) groups excluding carboxylic acids is 1. The van der Waals surface area contributed by atoms with Crippen molar-refractivity contribution in [1.82, 2.24) is 24.6 Å². The van der Waals surface area contributed by atoms with E-state index in [4.69, 9.17) is 5.73 Å². The van der Waals surface area contributed by atoms with Crippen LogP contribution in [0.1, 0.15) is 47.4 Å². The van der Waals surface area contributed by atoms with Crippen molar-refractivity contribution in [2.24, 2.45) is 7.05 Å². The number of benzene rings is 1. The molecule has 1 aliphatic rings. The Hall–Kier alpha value is -3.76. The SMILES string of the molecule is C[C@H](c1ccc(C(F)(F)F)cn1)N(C(=O)c1cc2c(cc1F)nc(N)c1c2cnn1C)C1CC1. The van der Waals surface area contributed by atoms with Gasteiger partial charge < -0.3 is 10.6 Å². The number of hydrogen-bond acceptors (Lipinski definition) is 5. The van der Waals surface area contributed by atoms with E-state index in [9.17, 15) is 18.0 Å². The minimum absolute atomic E-state index is 0.148. The quantitative estimate of drug-likeness (QED) is 0.438. The van der Waals surface area contributed by atoms with Crippen molar-refractivity contribution in [2.45, 2.75) is 38.0 Å². The van der Waals surface area contributed by atoms with Gasteiger partial charge in [-0.05, 0) is 38.0 Å². The molecule has 0 bridgehead atoms. The Morgan fingerprint density at radius 2 is 1.94 bits per heavy atom. The number of halogens is 4. The first kappa shape index (κ1) is 22.1. The number of anilines is 1. The summed E-state index contributed by atoms with van der Waals surface area (Å²) in [6.07, 6.45) is -0.750. The molecule has 11 heteroatoms. The molecule has 0 spiro atoms. The molecule has 4 aromatic rings. The smallest absolute Gasteiger partial charge is 0.382 e. The molecule has 7 nitrogen and oxygen atoms in total. The van der Waals surface area contributed by atoms with E-state index in [1.54, 1.807) is 24.9 Å². The van der Waals surface area contributed by atoms with Gasteiger partial charge in [0.05, 0.1) is 34.6 Å². The number of rotatable bonds is 4. The fourth-order valence-electron chi connectivity index (χ4n) is 4.27. The first-order valence-corrected chi connectivity index (χ1v) is 10.6. The predicted octanol–water partition coefficient (Wildman–Crippen LogP) is 4.62. The lowest BCUT2D eigenvalue weighted by Crippen LogP contribution is -2.36. The number of nitrogens with two attached hydrogens (primary N) is 1. The summed E-state index contributed by atoms with van der Waals surface area (Å²) in [7, 11) is 1.70. The number of amides is 1. The summed E-state index contributed by atoms with van der Waals surface area (Å²) in [4.78, 5) is 23.2. The van der Waals surface area contributed by atoms with Crippen LogP contribution in [0, 0.1) is 5.82 Å². The number of aromatic nitrogens is 4. The highest BCUT2D eigenvalue weighted by molar-refractivity contribution is 6.10. The number of pyridine rings is 2. The molecular formula is C23H20F4N6O. The largest absolute Gasteiger partial charge is 0.417 e. The summed E-state index contributed by atoms with van der Waals surface area (Å²) in [5.74, 6) is -1.13. The van der Waals surface area contributed by atoms with Gasteiger partial charge in [-0.15, -0.1) is 0 Å². The predicted molar refractivity (Wildman–Crippen MR) is 117 cm³/mol. The molecule has 0 radical (unpaired) electrons. The zero-order valence-corrected chi connectivity index (χ0v) is 18.3. The molecule has 1 aliphatic carbocycles. The van der Waals surface area contributed by atoms with Gasteiger partial charge >= 0.3 is 6.18 Å². The van der Waals surface area contributed by atoms with Gasteiger partial charge in [-0.1, -0.05) is 0 Å². The van der Waals surface area contributed by atoms with Crippen LogP contribution in [-0.2, 0) is 13.2 Å². The van der Waals surface area contributed by atoms with Gasteiger partial charge in [0.1, 0.15) is 17.2 Å². The third kappa shape index (κ3) is 3.61. The Morgan fingerprint density at radius 1 is 1.21 bits per heavy atom. The molecule has 5 rings (SSSR count). The lowest BCUT2D eigenvalue weighted by atomic mass is 10.0. The van der Waals surface area contributed by atoms with Crippen molar-refractivity contribution in [3.8, 4) is 0 Å². The molecule has 1 saturated carbocycles. The molecule has 3 heterocycles. The van der Waals surface area contributed by atoms with Crippen molar-refractivity contribution in [1.29, 1.82) is 0 Å². The van der Waals surface area contributed by atoms with Crippen molar-refractivity contribution >= 4 is 33.5 Å². The molecule has 3 aromatic heterocycles. The highest BCUT2D eigenvalue weighted by Gasteiger charge is 2.39. The molecule has 1 aromatic carbocycles. The molecule has 34 heavy (non-hydrogen) atoms. The summed E-state index contributed by atoms with van der Waals surface area (Å²) >= 11 is 0. The van der Waals surface area contributed by atoms with Crippen LogP contribution in [0.4, 0.5) is 23.4 Å². The number of carbonyl (C=O) groups is 1. The van der Waals surface area contributed by atoms with E-state index >= 15 is 4.39 Å². The monoisotopic (exact) mass is 472 g/mol. The highest BCUT2D eigenvalue weighted by atomic mass is 19.4. The second-order valence-electron chi connectivity index (χ2n) is 8.47. The minimum atomic E-state index is -4.51. The number of alkyl halides is 3. The van der Waals surface area contributed by atoms with Crippen molar-refractivity contribution in [3.63, 3.8) is 0 Å². The first-order valence-electron chi connectivity index (χ1n) is 10.6. The van der Waals surface area contributed by atoms with Crippen LogP contribution in [-0.4, -0.2) is 36.6 Å². The maximum absolute atomic E-state index is 15.1. The number of aryl methyl sites for hydroxylation is 1. The Labute approximate surface area is 191 Å². The minimum Gasteiger partial charge on any atom is -0.382 e. The van der Waals surface area contributed by atoms with Crippen molar-refractivity contribution in [2.75, 3.05) is 5.73 Å². The number of fused-ring (bicyclic) bond motifs is 3. The molecular weight excluding hydrogens is 452 g/mol. The standard InChI is InChI=1S/C23H20F4N6O/c1-11(18-6-3-12(9-29-18)23(25,26)27)33(13-4-5-13)22(34)15-7-14-16-10-30-32(2)20(16)21(28)31-19(14)8-17(15)24/h3,6-11,13H,4-5H2,1-2H3,(H2,28,31)/t11-/m1/s1. The lowest BCUT2D eigenvalue weighted by Gasteiger charge is -2.29. The van der Waals surface area contributed by atoms with E-state index in [1.807, 2.05) is 0 Å². The molecule has 1 amide bonds. The average molecular weight is 472 g/mol. The topological polar surface area (TPSA) is 89.9 Å². The zero-order valence-electron chi connectivity index (χ0n) is 18.3. The van der Waals surface area contributed by atoms with Crippen LogP contribution in [0.2, 0.25) is 0 Å². The summed E-state index contributed by atoms with van der Waals surface area (Å²) in [6.45, 7) is 1.67. The molecule has 0 saturated heterocycles. The maximum atomic E-state index is 15.1. The molecule has 0 unspecified atom stereocenters. The highest BCUT2D eigenvalue weighted by Crippen LogP contribution is 2.37. The summed E-state index contributed by atoms with van der Waals surface area (Å²) in [5, 5.41) is 5.35. The Kier molecular flexibility index (Phi) is 4.96. The summed E-state index contributed by atoms with van der Waals surface area (Å²) in [5.41, 5.74) is 6.13. The van der Waals surface area contributed by atoms with E-state index in [0.717, 1.165) is 31.2 Å². The van der Waals surface area contributed by atoms with Gasteiger partial charge in [-0.25, -0.2) is 9.37 Å². The fourth-order valence-corrected chi connectivity index (χ4v) is 4.27. The van der Waals surface area contributed by atoms with Crippen LogP contribution < -0.4 is 5.73 Å². The van der Waals surface area contributed by atoms with E-state index < -0.39 is 29.5 Å². The summed E-state index contributed by atoms with van der Waals surface area (Å²) < 4.78 is 55.4. The van der Waals surface area contributed by atoms with Gasteiger partial charge in [-0.2, -0.15) is 18.3 Å². The van der Waals surface area contributed by atoms with E-state index in [-0.39, 0.29) is 17.4 Å². The van der Waals surface area contributed by atoms with Crippen LogP contribution in [0.25, 0.3) is 21.8 Å². The van der Waals surface area contributed by atoms with Gasteiger partial charge in [-0.3, -0.25) is 14.5 Å². The number of nitrogen functional groups attached to an aromatic ring is 1. The summed E-state index contributed by atoms with van der Waals surface area (Å²) in [6, 6.07) is 3.98. The Balaban J connectivity index is 1.56. The maximum Gasteiger partial charge on any atom is 0.417 e. The van der Waals surface area contributed by atoms with Gasteiger partial charge in [0.25, 0.3) is 5.91 Å². The Bertz CT molecular complexity index is 1430. The second kappa shape index (κ2) is 7.64. The molecule has 2 N–H and O–H groups in total. The average Bonchev–Trinajstić information content (AvgIpc) is 3.53. The van der Waals surface area contributed by atoms with Crippen LogP contribution in [0.3, 0.4) is 0 Å². The van der Waals surface area contributed by atoms with Crippen LogP contribution >= 0.6 is 0 Å². The third-order valence-corrected chi connectivity index (χ3v) is 6.16. The fraction of sp³-hybridized carbons (Fsp3) is 0.304. The zero-order chi connectivity index (χ0) is 24.4. The second-order valence-corrected chi connectivity index (χ2v) is 8.47. The van der Waals surface area contributed by atoms with Crippen molar-refractivity contribution < 1.29 is 22.4 Å². The van der Waals surface area contributed by atoms with Gasteiger partial charge in [0.15, 0.2) is 0 Å². The third-order valence-electron chi connectivity index (χ3n) is 6.16. The van der Waals surface area contributed by atoms with Crippen molar-refractivity contribution in [3.05, 3.63) is 59.3 Å². The molecule has 1 fully saturated rings. The number of hydrogen-bond donors (Lipinski definition) is 1. The van der Waals surface area contributed by atoms with E-state index in [1.165, 1.54) is 17.0 Å². The van der Waals surface area contributed by atoms with E-state index in [0.29, 0.717) is 27.5 Å². The van der Waals surface area contributed by atoms with Crippen LogP contribution in [0.5, 0.6) is 0 Å². The molecule has 176 valence electrons. The molecule has 1 atom stereocenters. The molecule has 0 aliphatic heterocycles. The van der Waals surface area contributed by atoms with Crippen LogP contribution in [0.15, 0.2) is 36.7 Å². The lowest BCUT2D eigenvalue weighted by molar-refractivity contribution is -0.137. The number of nitrogens with zero attached hydrogens (tertiary/aromatic N) is 5. The van der Waals surface area contributed by atoms with Gasteiger partial charge in [0.2, 0.25) is 0 Å². The Morgan fingerprint density at radius 3 is 2.56 bits per heavy atom. The van der Waals surface area contributed by atoms with E-state index in [2.05, 4.69) is 15.1 Å². The first-order chi connectivity index (χ1) is 16.1. The normalized spacial score (nSPS) is 15.1. The van der Waals surface area contributed by atoms with Gasteiger partial charge in [0, 0.05) is 36.1 Å².